The Morgan fingerprint density at radius 1 is 1.58 bits per heavy atom. The molecule has 0 spiro atoms. The van der Waals surface area contributed by atoms with Crippen molar-refractivity contribution in [2.75, 3.05) is 12.3 Å². The number of nitrogens with zero attached hydrogens (tertiary/aromatic N) is 2. The van der Waals surface area contributed by atoms with E-state index in [0.717, 1.165) is 23.5 Å². The molecular weight excluding hydrogens is 284 g/mol. The first-order valence-electron chi connectivity index (χ1n) is 6.06. The largest absolute Gasteiger partial charge is 0.480 e. The molecule has 0 aliphatic heterocycles. The zero-order valence-electron chi connectivity index (χ0n) is 10.7. The topological polar surface area (TPSA) is 70.5 Å². The van der Waals surface area contributed by atoms with Gasteiger partial charge in [-0.25, -0.2) is 4.98 Å². The van der Waals surface area contributed by atoms with Crippen molar-refractivity contribution in [3.8, 4) is 0 Å². The van der Waals surface area contributed by atoms with Crippen LogP contribution in [0, 0.1) is 6.92 Å². The SMILES string of the molecule is Cc1nc(CSCC(=O)N(CC(=O)O)C2CC2)cs1. The minimum absolute atomic E-state index is 0.0816. The Bertz CT molecular complexity index is 471. The van der Waals surface area contributed by atoms with Crippen LogP contribution in [0.1, 0.15) is 23.5 Å². The van der Waals surface area contributed by atoms with E-state index in [0.29, 0.717) is 11.5 Å². The number of aryl methyl sites for hydroxylation is 1. The van der Waals surface area contributed by atoms with Crippen molar-refractivity contribution in [1.82, 2.24) is 9.88 Å². The molecule has 104 valence electrons. The number of thioether (sulfide) groups is 1. The summed E-state index contributed by atoms with van der Waals surface area (Å²) in [5.74, 6) is -0.00983. The van der Waals surface area contributed by atoms with Crippen LogP contribution >= 0.6 is 23.1 Å². The van der Waals surface area contributed by atoms with Crippen LogP contribution in [0.25, 0.3) is 0 Å². The van der Waals surface area contributed by atoms with Crippen LogP contribution in [0.5, 0.6) is 0 Å². The van der Waals surface area contributed by atoms with Gasteiger partial charge in [-0.3, -0.25) is 9.59 Å². The lowest BCUT2D eigenvalue weighted by Crippen LogP contribution is -2.38. The first-order valence-corrected chi connectivity index (χ1v) is 8.09. The molecular formula is C12H16N2O3S2. The van der Waals surface area contributed by atoms with Crippen molar-refractivity contribution < 1.29 is 14.7 Å². The second-order valence-electron chi connectivity index (χ2n) is 4.50. The van der Waals surface area contributed by atoms with Gasteiger partial charge in [-0.1, -0.05) is 0 Å². The highest BCUT2D eigenvalue weighted by atomic mass is 32.2. The van der Waals surface area contributed by atoms with Gasteiger partial charge in [0.1, 0.15) is 6.54 Å². The Hall–Kier alpha value is -1.08. The summed E-state index contributed by atoms with van der Waals surface area (Å²) in [6.07, 6.45) is 1.85. The van der Waals surface area contributed by atoms with E-state index in [9.17, 15) is 9.59 Å². The lowest BCUT2D eigenvalue weighted by Gasteiger charge is -2.19. The molecule has 1 aliphatic carbocycles. The van der Waals surface area contributed by atoms with Crippen molar-refractivity contribution in [2.24, 2.45) is 0 Å². The highest BCUT2D eigenvalue weighted by Crippen LogP contribution is 2.27. The van der Waals surface area contributed by atoms with Gasteiger partial charge in [-0.15, -0.1) is 23.1 Å². The van der Waals surface area contributed by atoms with Crippen LogP contribution in [0.4, 0.5) is 0 Å². The molecule has 0 unspecified atom stereocenters. The van der Waals surface area contributed by atoms with E-state index in [1.54, 1.807) is 11.3 Å². The standard InChI is InChI=1S/C12H16N2O3S2/c1-8-13-9(6-19-8)5-18-7-11(15)14(4-12(16)17)10-2-3-10/h6,10H,2-5,7H2,1H3,(H,16,17). The third kappa shape index (κ3) is 4.50. The van der Waals surface area contributed by atoms with E-state index in [-0.39, 0.29) is 18.5 Å². The number of rotatable bonds is 7. The fraction of sp³-hybridized carbons (Fsp3) is 0.583. The minimum atomic E-state index is -0.944. The fourth-order valence-corrected chi connectivity index (χ4v) is 3.27. The van der Waals surface area contributed by atoms with E-state index in [4.69, 9.17) is 5.11 Å². The number of carboxylic acids is 1. The van der Waals surface area contributed by atoms with Crippen molar-refractivity contribution in [3.05, 3.63) is 16.1 Å². The van der Waals surface area contributed by atoms with Gasteiger partial charge in [0.05, 0.1) is 16.5 Å². The molecule has 1 saturated carbocycles. The average Bonchev–Trinajstić information content (AvgIpc) is 3.10. The first kappa shape index (κ1) is 14.3. The lowest BCUT2D eigenvalue weighted by molar-refractivity contribution is -0.143. The number of carbonyl (C=O) groups is 2. The maximum Gasteiger partial charge on any atom is 0.323 e. The molecule has 5 nitrogen and oxygen atoms in total. The number of aliphatic carboxylic acids is 1. The molecule has 0 saturated heterocycles. The van der Waals surface area contributed by atoms with Crippen LogP contribution < -0.4 is 0 Å². The van der Waals surface area contributed by atoms with Gasteiger partial charge in [0.25, 0.3) is 0 Å². The number of amides is 1. The van der Waals surface area contributed by atoms with Crippen LogP contribution in [-0.4, -0.2) is 45.2 Å². The minimum Gasteiger partial charge on any atom is -0.480 e. The molecule has 19 heavy (non-hydrogen) atoms. The van der Waals surface area contributed by atoms with Gasteiger partial charge >= 0.3 is 5.97 Å². The molecule has 7 heteroatoms. The molecule has 1 aromatic heterocycles. The van der Waals surface area contributed by atoms with Crippen molar-refractivity contribution in [2.45, 2.75) is 31.6 Å². The molecule has 1 amide bonds. The van der Waals surface area contributed by atoms with Crippen molar-refractivity contribution in [1.29, 1.82) is 0 Å². The predicted molar refractivity (Wildman–Crippen MR) is 75.4 cm³/mol. The zero-order chi connectivity index (χ0) is 13.8. The molecule has 1 aliphatic rings. The summed E-state index contributed by atoms with van der Waals surface area (Å²) in [6.45, 7) is 1.77. The first-order chi connectivity index (χ1) is 9.06. The number of aromatic nitrogens is 1. The third-order valence-electron chi connectivity index (χ3n) is 2.76. The smallest absolute Gasteiger partial charge is 0.323 e. The average molecular weight is 300 g/mol. The maximum atomic E-state index is 12.0. The summed E-state index contributed by atoms with van der Waals surface area (Å²) < 4.78 is 0. The van der Waals surface area contributed by atoms with Gasteiger partial charge in [-0.2, -0.15) is 0 Å². The monoisotopic (exact) mass is 300 g/mol. The van der Waals surface area contributed by atoms with Gasteiger partial charge in [0.2, 0.25) is 5.91 Å². The number of thiazole rings is 1. The van der Waals surface area contributed by atoms with Crippen LogP contribution in [0.2, 0.25) is 0 Å². The number of carboxylic acid groups (broad SMARTS) is 1. The molecule has 1 fully saturated rings. The van der Waals surface area contributed by atoms with Gasteiger partial charge in [-0.05, 0) is 19.8 Å². The molecule has 0 atom stereocenters. The van der Waals surface area contributed by atoms with E-state index >= 15 is 0 Å². The summed E-state index contributed by atoms with van der Waals surface area (Å²) in [7, 11) is 0. The summed E-state index contributed by atoms with van der Waals surface area (Å²) in [5.41, 5.74) is 0.983. The molecule has 1 aromatic rings. The molecule has 0 aromatic carbocycles. The molecule has 0 bridgehead atoms. The molecule has 1 heterocycles. The molecule has 1 N–H and O–H groups in total. The highest BCUT2D eigenvalue weighted by molar-refractivity contribution is 7.99. The highest BCUT2D eigenvalue weighted by Gasteiger charge is 2.33. The second kappa shape index (κ2) is 6.38. The fourth-order valence-electron chi connectivity index (χ4n) is 1.75. The summed E-state index contributed by atoms with van der Waals surface area (Å²) >= 11 is 3.08. The van der Waals surface area contributed by atoms with E-state index in [2.05, 4.69) is 4.98 Å². The number of hydrogen-bond acceptors (Lipinski definition) is 5. The van der Waals surface area contributed by atoms with Crippen LogP contribution in [-0.2, 0) is 15.3 Å². The van der Waals surface area contributed by atoms with Crippen molar-refractivity contribution in [3.63, 3.8) is 0 Å². The Morgan fingerprint density at radius 2 is 2.32 bits per heavy atom. The number of carbonyl (C=O) groups excluding carboxylic acids is 1. The summed E-state index contributed by atoms with van der Waals surface area (Å²) in [6, 6.07) is 0.144. The second-order valence-corrected chi connectivity index (χ2v) is 6.55. The Kier molecular flexibility index (Phi) is 4.81. The van der Waals surface area contributed by atoms with Crippen LogP contribution in [0.3, 0.4) is 0 Å². The Morgan fingerprint density at radius 3 is 2.84 bits per heavy atom. The van der Waals surface area contributed by atoms with E-state index < -0.39 is 5.97 Å². The third-order valence-corrected chi connectivity index (χ3v) is 4.53. The van der Waals surface area contributed by atoms with E-state index in [1.165, 1.54) is 16.7 Å². The maximum absolute atomic E-state index is 12.0. The predicted octanol–water partition coefficient (Wildman–Crippen LogP) is 1.76. The van der Waals surface area contributed by atoms with E-state index in [1.807, 2.05) is 12.3 Å². The van der Waals surface area contributed by atoms with Crippen LogP contribution in [0.15, 0.2) is 5.38 Å². The summed E-state index contributed by atoms with van der Waals surface area (Å²) in [5, 5.41) is 11.8. The summed E-state index contributed by atoms with van der Waals surface area (Å²) in [4.78, 5) is 28.5. The number of hydrogen-bond donors (Lipinski definition) is 1. The van der Waals surface area contributed by atoms with Gasteiger partial charge < -0.3 is 10.0 Å². The lowest BCUT2D eigenvalue weighted by atomic mass is 10.4. The van der Waals surface area contributed by atoms with Crippen molar-refractivity contribution >= 4 is 35.0 Å². The quantitative estimate of drug-likeness (QED) is 0.831. The van der Waals surface area contributed by atoms with Gasteiger partial charge in [0, 0.05) is 17.2 Å². The Balaban J connectivity index is 1.77. The Labute approximate surface area is 120 Å². The van der Waals surface area contributed by atoms with Gasteiger partial charge in [0.15, 0.2) is 0 Å². The molecule has 0 radical (unpaired) electrons. The zero-order valence-corrected chi connectivity index (χ0v) is 12.3. The normalized spacial score (nSPS) is 14.4. The molecule has 2 rings (SSSR count).